The van der Waals surface area contributed by atoms with E-state index in [1.807, 2.05) is 0 Å². The highest BCUT2D eigenvalue weighted by Gasteiger charge is 2.23. The average molecular weight is 309 g/mol. The molecule has 8 heteroatoms. The number of benzene rings is 1. The molecule has 1 aromatic heterocycles. The van der Waals surface area contributed by atoms with Crippen LogP contribution in [0.4, 0.5) is 0 Å². The van der Waals surface area contributed by atoms with E-state index in [1.54, 1.807) is 37.4 Å². The molecule has 2 aromatic rings. The molecule has 0 aliphatic carbocycles. The summed E-state index contributed by atoms with van der Waals surface area (Å²) in [5.74, 6) is -2.03. The number of carboxylic acids is 1. The van der Waals surface area contributed by atoms with Crippen LogP contribution in [0, 0.1) is 0 Å². The molecule has 1 aromatic carbocycles. The fourth-order valence-electron chi connectivity index (χ4n) is 1.85. The minimum absolute atomic E-state index is 0.00204. The van der Waals surface area contributed by atoms with Gasteiger partial charge in [0.25, 0.3) is 0 Å². The number of hydrogen-bond donors (Lipinski definition) is 2. The van der Waals surface area contributed by atoms with Crippen LogP contribution in [0.15, 0.2) is 47.6 Å². The number of aryl methyl sites for hydroxylation is 1. The summed E-state index contributed by atoms with van der Waals surface area (Å²) < 4.78 is 27.8. The van der Waals surface area contributed by atoms with E-state index in [1.165, 1.54) is 17.1 Å². The molecule has 2 rings (SSSR count). The van der Waals surface area contributed by atoms with Crippen LogP contribution in [-0.2, 0) is 21.9 Å². The topological polar surface area (TPSA) is 101 Å². The Morgan fingerprint density at radius 2 is 2.05 bits per heavy atom. The molecule has 0 aliphatic heterocycles. The van der Waals surface area contributed by atoms with Crippen LogP contribution in [0.1, 0.15) is 11.5 Å². The van der Waals surface area contributed by atoms with Crippen LogP contribution < -0.4 is 4.72 Å². The van der Waals surface area contributed by atoms with Crippen LogP contribution >= 0.6 is 0 Å². The molecule has 0 saturated carbocycles. The van der Waals surface area contributed by atoms with Gasteiger partial charge in [0.1, 0.15) is 4.90 Å². The van der Waals surface area contributed by atoms with Crippen molar-refractivity contribution in [3.63, 3.8) is 0 Å². The highest BCUT2D eigenvalue weighted by Crippen LogP contribution is 2.16. The zero-order chi connectivity index (χ0) is 15.5. The van der Waals surface area contributed by atoms with Gasteiger partial charge in [0, 0.05) is 19.8 Å². The molecule has 0 bridgehead atoms. The third-order valence-electron chi connectivity index (χ3n) is 2.97. The predicted octanol–water partition coefficient (Wildman–Crippen LogP) is 0.567. The van der Waals surface area contributed by atoms with E-state index in [-0.39, 0.29) is 11.4 Å². The van der Waals surface area contributed by atoms with Crippen LogP contribution in [0.25, 0.3) is 0 Å². The van der Waals surface area contributed by atoms with Crippen molar-refractivity contribution in [3.8, 4) is 0 Å². The number of carbonyl (C=O) groups is 1. The zero-order valence-electron chi connectivity index (χ0n) is 11.3. The van der Waals surface area contributed by atoms with Crippen LogP contribution in [0.2, 0.25) is 0 Å². The SMILES string of the molecule is Cn1cc(S(=O)(=O)NCC(C(=O)O)c2ccccc2)cn1. The van der Waals surface area contributed by atoms with Gasteiger partial charge in [-0.1, -0.05) is 30.3 Å². The van der Waals surface area contributed by atoms with Crippen molar-refractivity contribution in [1.29, 1.82) is 0 Å². The number of hydrogen-bond acceptors (Lipinski definition) is 4. The van der Waals surface area contributed by atoms with Crippen molar-refractivity contribution in [2.24, 2.45) is 7.05 Å². The van der Waals surface area contributed by atoms with Gasteiger partial charge in [-0.2, -0.15) is 5.10 Å². The number of aliphatic carboxylic acids is 1. The lowest BCUT2D eigenvalue weighted by Crippen LogP contribution is -2.31. The molecule has 1 heterocycles. The molecule has 1 atom stereocenters. The van der Waals surface area contributed by atoms with Crippen LogP contribution in [-0.4, -0.2) is 35.8 Å². The van der Waals surface area contributed by atoms with Gasteiger partial charge in [-0.05, 0) is 5.56 Å². The summed E-state index contributed by atoms with van der Waals surface area (Å²) in [5, 5.41) is 13.0. The normalized spacial score (nSPS) is 13.0. The Hall–Kier alpha value is -2.19. The number of aromatic nitrogens is 2. The quantitative estimate of drug-likeness (QED) is 0.812. The molecule has 0 amide bonds. The lowest BCUT2D eigenvalue weighted by molar-refractivity contribution is -0.138. The summed E-state index contributed by atoms with van der Waals surface area (Å²) in [6.07, 6.45) is 2.56. The standard InChI is InChI=1S/C13H15N3O4S/c1-16-9-11(7-14-16)21(19,20)15-8-12(13(17)18)10-5-3-2-4-6-10/h2-7,9,12,15H,8H2,1H3,(H,17,18). The maximum absolute atomic E-state index is 12.0. The van der Waals surface area contributed by atoms with Crippen LogP contribution in [0.5, 0.6) is 0 Å². The van der Waals surface area contributed by atoms with Gasteiger partial charge in [-0.3, -0.25) is 9.48 Å². The van der Waals surface area contributed by atoms with Crippen molar-refractivity contribution in [3.05, 3.63) is 48.3 Å². The minimum atomic E-state index is -3.77. The molecule has 1 unspecified atom stereocenters. The van der Waals surface area contributed by atoms with Crippen molar-refractivity contribution in [1.82, 2.24) is 14.5 Å². The second kappa shape index (κ2) is 6.06. The first-order valence-electron chi connectivity index (χ1n) is 6.16. The van der Waals surface area contributed by atoms with Gasteiger partial charge in [-0.15, -0.1) is 0 Å². The summed E-state index contributed by atoms with van der Waals surface area (Å²) in [6.45, 7) is -0.226. The number of nitrogens with zero attached hydrogens (tertiary/aromatic N) is 2. The monoisotopic (exact) mass is 309 g/mol. The smallest absolute Gasteiger partial charge is 0.312 e. The van der Waals surface area contributed by atoms with Crippen LogP contribution in [0.3, 0.4) is 0 Å². The van der Waals surface area contributed by atoms with Gasteiger partial charge in [0.05, 0.1) is 12.1 Å². The molecule has 0 fully saturated rings. The molecular weight excluding hydrogens is 294 g/mol. The number of sulfonamides is 1. The first-order valence-corrected chi connectivity index (χ1v) is 7.64. The van der Waals surface area contributed by atoms with Gasteiger partial charge >= 0.3 is 5.97 Å². The Balaban J connectivity index is 2.14. The number of carboxylic acid groups (broad SMARTS) is 1. The van der Waals surface area contributed by atoms with E-state index in [2.05, 4.69) is 9.82 Å². The van der Waals surface area contributed by atoms with E-state index in [4.69, 9.17) is 0 Å². The average Bonchev–Trinajstić information content (AvgIpc) is 2.87. The third-order valence-corrected chi connectivity index (χ3v) is 4.35. The highest BCUT2D eigenvalue weighted by molar-refractivity contribution is 7.89. The van der Waals surface area contributed by atoms with E-state index < -0.39 is 21.9 Å². The maximum Gasteiger partial charge on any atom is 0.312 e. The molecule has 21 heavy (non-hydrogen) atoms. The summed E-state index contributed by atoms with van der Waals surface area (Å²) >= 11 is 0. The molecule has 0 spiro atoms. The Labute approximate surface area is 122 Å². The molecule has 7 nitrogen and oxygen atoms in total. The highest BCUT2D eigenvalue weighted by atomic mass is 32.2. The Bertz CT molecular complexity index is 725. The van der Waals surface area contributed by atoms with Crippen molar-refractivity contribution in [2.45, 2.75) is 10.8 Å². The Kier molecular flexibility index (Phi) is 4.39. The summed E-state index contributed by atoms with van der Waals surface area (Å²) in [4.78, 5) is 11.3. The summed E-state index contributed by atoms with van der Waals surface area (Å²) in [7, 11) is -2.17. The van der Waals surface area contributed by atoms with Gasteiger partial charge in [0.2, 0.25) is 10.0 Å². The van der Waals surface area contributed by atoms with Crippen molar-refractivity contribution < 1.29 is 18.3 Å². The van der Waals surface area contributed by atoms with Crippen molar-refractivity contribution in [2.75, 3.05) is 6.54 Å². The maximum atomic E-state index is 12.0. The molecule has 0 saturated heterocycles. The van der Waals surface area contributed by atoms with Crippen molar-refractivity contribution >= 4 is 16.0 Å². The number of rotatable bonds is 6. The van der Waals surface area contributed by atoms with Gasteiger partial charge < -0.3 is 5.11 Å². The van der Waals surface area contributed by atoms with E-state index in [9.17, 15) is 18.3 Å². The fourth-order valence-corrected chi connectivity index (χ4v) is 2.88. The third kappa shape index (κ3) is 3.67. The van der Waals surface area contributed by atoms with E-state index in [0.717, 1.165) is 0 Å². The lowest BCUT2D eigenvalue weighted by Gasteiger charge is -2.13. The second-order valence-electron chi connectivity index (χ2n) is 4.50. The fraction of sp³-hybridized carbons (Fsp3) is 0.231. The first-order chi connectivity index (χ1) is 9.90. The van der Waals surface area contributed by atoms with E-state index >= 15 is 0 Å². The molecule has 112 valence electrons. The molecular formula is C13H15N3O4S. The summed E-state index contributed by atoms with van der Waals surface area (Å²) in [6, 6.07) is 8.48. The van der Waals surface area contributed by atoms with Gasteiger partial charge in [-0.25, -0.2) is 13.1 Å². The molecule has 0 radical (unpaired) electrons. The zero-order valence-corrected chi connectivity index (χ0v) is 12.1. The minimum Gasteiger partial charge on any atom is -0.481 e. The molecule has 0 aliphatic rings. The second-order valence-corrected chi connectivity index (χ2v) is 6.27. The largest absolute Gasteiger partial charge is 0.481 e. The van der Waals surface area contributed by atoms with Gasteiger partial charge in [0.15, 0.2) is 0 Å². The first kappa shape index (κ1) is 15.2. The molecule has 2 N–H and O–H groups in total. The summed E-state index contributed by atoms with van der Waals surface area (Å²) in [5.41, 5.74) is 0.541. The lowest BCUT2D eigenvalue weighted by atomic mass is 10.00. The Morgan fingerprint density at radius 1 is 1.38 bits per heavy atom. The Morgan fingerprint density at radius 3 is 2.57 bits per heavy atom. The number of nitrogens with one attached hydrogen (secondary N) is 1. The predicted molar refractivity (Wildman–Crippen MR) is 75.2 cm³/mol. The van der Waals surface area contributed by atoms with E-state index in [0.29, 0.717) is 5.56 Å².